The first-order valence-electron chi connectivity index (χ1n) is 16.4. The topological polar surface area (TPSA) is 94.2 Å². The van der Waals surface area contributed by atoms with Gasteiger partial charge in [0.1, 0.15) is 35.2 Å². The third kappa shape index (κ3) is 8.29. The van der Waals surface area contributed by atoms with Crippen LogP contribution in [0.15, 0.2) is 82.9 Å². The van der Waals surface area contributed by atoms with Crippen LogP contribution in [0.1, 0.15) is 63.8 Å². The van der Waals surface area contributed by atoms with Gasteiger partial charge in [-0.05, 0) is 51.8 Å². The number of nitrogens with one attached hydrogen (secondary N) is 1. The fourth-order valence-electron chi connectivity index (χ4n) is 5.92. The Labute approximate surface area is 298 Å². The number of hydrogen-bond acceptors (Lipinski definition) is 8. The normalized spacial score (nSPS) is 17.6. The summed E-state index contributed by atoms with van der Waals surface area (Å²) < 4.78 is 17.0. The summed E-state index contributed by atoms with van der Waals surface area (Å²) in [5.74, 6) is 1.51. The Bertz CT molecular complexity index is 1690. The molecule has 0 radical (unpaired) electrons. The van der Waals surface area contributed by atoms with E-state index >= 15 is 0 Å². The summed E-state index contributed by atoms with van der Waals surface area (Å²) in [6, 6.07) is 20.3. The third-order valence-electron chi connectivity index (χ3n) is 8.59. The van der Waals surface area contributed by atoms with Crippen LogP contribution in [0.4, 0.5) is 0 Å². The lowest BCUT2D eigenvalue weighted by atomic mass is 9.79. The first-order valence-corrected chi connectivity index (χ1v) is 18.4. The molecule has 1 N–H and O–H groups in total. The maximum atomic E-state index is 13.9. The van der Waals surface area contributed by atoms with Crippen molar-refractivity contribution in [1.29, 1.82) is 0 Å². The molecule has 0 aromatic heterocycles. The number of amides is 2. The molecule has 49 heavy (non-hydrogen) atoms. The number of thioether (sulfide) groups is 2. The van der Waals surface area contributed by atoms with E-state index < -0.39 is 17.4 Å². The van der Waals surface area contributed by atoms with Crippen LogP contribution in [0, 0.1) is 0 Å². The zero-order valence-corrected chi connectivity index (χ0v) is 31.2. The summed E-state index contributed by atoms with van der Waals surface area (Å²) in [6.07, 6.45) is 0.172. The minimum absolute atomic E-state index is 0.0478. The maximum Gasteiger partial charge on any atom is 0.355 e. The van der Waals surface area contributed by atoms with E-state index in [1.807, 2.05) is 54.6 Å². The standard InChI is InChI=1S/C39H46N2O6S2/c1-38(2,3)29-19-28(20-30(34(29)46-8)39(4,5)6)48-22-26-23-49-36-32(40-31(42)18-24-12-10-9-11-13-24)35(43)41(36)33(26)37(44)47-21-25-14-16-27(45-7)17-15-25/h9-17,19-20,32,36H,18,21-23H2,1-8H3,(H,40,42)/t32-,36-/m1/s1. The molecule has 0 bridgehead atoms. The van der Waals surface area contributed by atoms with Crippen LogP contribution in [0.3, 0.4) is 0 Å². The smallest absolute Gasteiger partial charge is 0.355 e. The lowest BCUT2D eigenvalue weighted by Crippen LogP contribution is -2.70. The van der Waals surface area contributed by atoms with E-state index in [9.17, 15) is 14.4 Å². The van der Waals surface area contributed by atoms with Crippen LogP contribution in [-0.4, -0.2) is 59.8 Å². The highest BCUT2D eigenvalue weighted by Crippen LogP contribution is 2.45. The molecule has 3 aromatic carbocycles. The van der Waals surface area contributed by atoms with Crippen LogP contribution in [-0.2, 0) is 43.0 Å². The van der Waals surface area contributed by atoms with Crippen molar-refractivity contribution in [2.75, 3.05) is 25.7 Å². The Morgan fingerprint density at radius 2 is 1.53 bits per heavy atom. The number of rotatable bonds is 11. The van der Waals surface area contributed by atoms with Crippen molar-refractivity contribution in [3.63, 3.8) is 0 Å². The molecule has 1 fully saturated rings. The quantitative estimate of drug-likeness (QED) is 0.129. The van der Waals surface area contributed by atoms with E-state index in [0.717, 1.165) is 38.5 Å². The van der Waals surface area contributed by atoms with Gasteiger partial charge >= 0.3 is 5.97 Å². The molecule has 2 heterocycles. The number of carbonyl (C=O) groups excluding carboxylic acids is 3. The van der Waals surface area contributed by atoms with Gasteiger partial charge in [-0.3, -0.25) is 14.5 Å². The Hall–Kier alpha value is -3.89. The van der Waals surface area contributed by atoms with Crippen molar-refractivity contribution in [3.8, 4) is 11.5 Å². The lowest BCUT2D eigenvalue weighted by molar-refractivity contribution is -0.153. The van der Waals surface area contributed by atoms with Gasteiger partial charge in [-0.25, -0.2) is 4.79 Å². The van der Waals surface area contributed by atoms with Crippen LogP contribution >= 0.6 is 23.5 Å². The Kier molecular flexibility index (Phi) is 11.1. The second-order valence-corrected chi connectivity index (χ2v) is 16.5. The number of hydrogen-bond donors (Lipinski definition) is 1. The zero-order chi connectivity index (χ0) is 35.5. The Morgan fingerprint density at radius 3 is 2.10 bits per heavy atom. The SMILES string of the molecule is COc1ccc(COC(=O)C2=C(CSc3cc(C(C)(C)C)c(OC)c(C(C)(C)C)c3)CS[C@@H]3[C@H](NC(=O)Cc4ccccc4)C(=O)N23)cc1. The first kappa shape index (κ1) is 36.4. The minimum Gasteiger partial charge on any atom is -0.497 e. The largest absolute Gasteiger partial charge is 0.497 e. The van der Waals surface area contributed by atoms with E-state index in [4.69, 9.17) is 14.2 Å². The number of ether oxygens (including phenoxy) is 3. The van der Waals surface area contributed by atoms with E-state index in [1.54, 1.807) is 37.7 Å². The molecule has 0 saturated carbocycles. The fourth-order valence-corrected chi connectivity index (χ4v) is 8.38. The van der Waals surface area contributed by atoms with E-state index in [-0.39, 0.29) is 41.4 Å². The van der Waals surface area contributed by atoms with Crippen molar-refractivity contribution < 1.29 is 28.6 Å². The molecule has 3 aromatic rings. The summed E-state index contributed by atoms with van der Waals surface area (Å²) in [4.78, 5) is 43.0. The van der Waals surface area contributed by atoms with Crippen molar-refractivity contribution >= 4 is 41.3 Å². The summed E-state index contributed by atoms with van der Waals surface area (Å²) >= 11 is 3.19. The fraction of sp³-hybridized carbons (Fsp3) is 0.410. The molecular weight excluding hydrogens is 657 g/mol. The Balaban J connectivity index is 1.41. The summed E-state index contributed by atoms with van der Waals surface area (Å²) in [6.45, 7) is 13.1. The maximum absolute atomic E-state index is 13.9. The number of nitrogens with zero attached hydrogens (tertiary/aromatic N) is 1. The number of methoxy groups -OCH3 is 2. The molecule has 8 nitrogen and oxygen atoms in total. The molecule has 0 aliphatic carbocycles. The number of esters is 1. The monoisotopic (exact) mass is 702 g/mol. The predicted molar refractivity (Wildman–Crippen MR) is 196 cm³/mol. The van der Waals surface area contributed by atoms with E-state index in [1.165, 1.54) is 4.90 Å². The van der Waals surface area contributed by atoms with Crippen molar-refractivity contribution in [2.24, 2.45) is 0 Å². The van der Waals surface area contributed by atoms with Crippen molar-refractivity contribution in [3.05, 3.63) is 100 Å². The number of carbonyl (C=O) groups is 3. The molecule has 2 aliphatic heterocycles. The zero-order valence-electron chi connectivity index (χ0n) is 29.5. The van der Waals surface area contributed by atoms with Gasteiger partial charge in [0.15, 0.2) is 0 Å². The van der Waals surface area contributed by atoms with E-state index in [0.29, 0.717) is 17.3 Å². The van der Waals surface area contributed by atoms with Crippen molar-refractivity contribution in [1.82, 2.24) is 10.2 Å². The molecule has 2 amide bonds. The predicted octanol–water partition coefficient (Wildman–Crippen LogP) is 7.03. The van der Waals surface area contributed by atoms with Crippen molar-refractivity contribution in [2.45, 2.75) is 81.7 Å². The molecular formula is C39H46N2O6S2. The second-order valence-electron chi connectivity index (χ2n) is 14.3. The van der Waals surface area contributed by atoms with Crippen LogP contribution in [0.5, 0.6) is 11.5 Å². The van der Waals surface area contributed by atoms with E-state index in [2.05, 4.69) is 59.0 Å². The molecule has 0 spiro atoms. The van der Waals surface area contributed by atoms with Gasteiger partial charge in [-0.15, -0.1) is 23.5 Å². The highest BCUT2D eigenvalue weighted by molar-refractivity contribution is 8.01. The summed E-state index contributed by atoms with van der Waals surface area (Å²) in [7, 11) is 3.32. The molecule has 10 heteroatoms. The minimum atomic E-state index is -0.718. The Morgan fingerprint density at radius 1 is 0.898 bits per heavy atom. The van der Waals surface area contributed by atoms with Gasteiger partial charge in [0, 0.05) is 27.5 Å². The number of fused-ring (bicyclic) bond motifs is 1. The first-order chi connectivity index (χ1) is 23.2. The number of β-lactam (4-membered cyclic amide) rings is 1. The summed E-state index contributed by atoms with van der Waals surface area (Å²) in [5.41, 5.74) is 4.67. The van der Waals surface area contributed by atoms with Crippen LogP contribution in [0.25, 0.3) is 0 Å². The van der Waals surface area contributed by atoms with Crippen LogP contribution < -0.4 is 14.8 Å². The molecule has 1 saturated heterocycles. The highest BCUT2D eigenvalue weighted by atomic mass is 32.2. The van der Waals surface area contributed by atoms with Gasteiger partial charge in [0.2, 0.25) is 5.91 Å². The van der Waals surface area contributed by atoms with Gasteiger partial charge in [0.25, 0.3) is 5.91 Å². The average molecular weight is 703 g/mol. The molecule has 5 rings (SSSR count). The lowest BCUT2D eigenvalue weighted by Gasteiger charge is -2.49. The second kappa shape index (κ2) is 14.9. The average Bonchev–Trinajstić information content (AvgIpc) is 3.07. The van der Waals surface area contributed by atoms with Gasteiger partial charge in [0.05, 0.1) is 20.6 Å². The molecule has 260 valence electrons. The van der Waals surface area contributed by atoms with Gasteiger partial charge in [-0.1, -0.05) is 84.0 Å². The molecule has 2 atom stereocenters. The molecule has 2 aliphatic rings. The number of benzene rings is 3. The van der Waals surface area contributed by atoms with Gasteiger partial charge < -0.3 is 19.5 Å². The van der Waals surface area contributed by atoms with Gasteiger partial charge in [-0.2, -0.15) is 0 Å². The highest BCUT2D eigenvalue weighted by Gasteiger charge is 2.54. The van der Waals surface area contributed by atoms with Crippen LogP contribution in [0.2, 0.25) is 0 Å². The summed E-state index contributed by atoms with van der Waals surface area (Å²) in [5, 5.41) is 2.51. The third-order valence-corrected chi connectivity index (χ3v) is 11.0. The molecule has 0 unspecified atom stereocenters.